The lowest BCUT2D eigenvalue weighted by molar-refractivity contribution is 0.118. The monoisotopic (exact) mass is 318 g/mol. The number of methoxy groups -OCH3 is 1. The molecule has 2 heterocycles. The molecule has 0 radical (unpaired) electrons. The number of ether oxygens (including phenoxy) is 1. The highest BCUT2D eigenvalue weighted by Crippen LogP contribution is 2.41. The Morgan fingerprint density at radius 2 is 2.13 bits per heavy atom. The van der Waals surface area contributed by atoms with Crippen LogP contribution >= 0.6 is 0 Å². The van der Waals surface area contributed by atoms with E-state index in [1.54, 1.807) is 7.11 Å². The van der Waals surface area contributed by atoms with Gasteiger partial charge in [0.25, 0.3) is 0 Å². The van der Waals surface area contributed by atoms with Gasteiger partial charge in [-0.1, -0.05) is 6.42 Å². The third-order valence-electron chi connectivity index (χ3n) is 5.58. The number of hydrogen-bond acceptors (Lipinski definition) is 5. The van der Waals surface area contributed by atoms with Crippen molar-refractivity contribution in [2.24, 2.45) is 17.8 Å². The zero-order chi connectivity index (χ0) is 16.2. The molecule has 0 aromatic carbocycles. The van der Waals surface area contributed by atoms with E-state index in [4.69, 9.17) is 4.74 Å². The summed E-state index contributed by atoms with van der Waals surface area (Å²) in [5.74, 6) is 3.49. The third kappa shape index (κ3) is 4.01. The van der Waals surface area contributed by atoms with E-state index in [2.05, 4.69) is 39.2 Å². The molecule has 128 valence electrons. The molecule has 1 saturated heterocycles. The first-order valence-corrected chi connectivity index (χ1v) is 8.90. The number of rotatable bonds is 6. The largest absolute Gasteiger partial charge is 0.383 e. The van der Waals surface area contributed by atoms with Crippen molar-refractivity contribution in [1.82, 2.24) is 15.1 Å². The van der Waals surface area contributed by atoms with Gasteiger partial charge in [0, 0.05) is 33.3 Å². The lowest BCUT2D eigenvalue weighted by Gasteiger charge is -2.35. The summed E-state index contributed by atoms with van der Waals surface area (Å²) in [7, 11) is 4.00. The van der Waals surface area contributed by atoms with E-state index in [9.17, 15) is 0 Å². The van der Waals surface area contributed by atoms with Crippen LogP contribution in [0.25, 0.3) is 0 Å². The predicted molar refractivity (Wildman–Crippen MR) is 92.7 cm³/mol. The van der Waals surface area contributed by atoms with Gasteiger partial charge >= 0.3 is 0 Å². The van der Waals surface area contributed by atoms with Crippen molar-refractivity contribution in [3.8, 4) is 0 Å². The van der Waals surface area contributed by atoms with E-state index >= 15 is 0 Å². The molecule has 1 aromatic heterocycles. The Morgan fingerprint density at radius 1 is 1.26 bits per heavy atom. The van der Waals surface area contributed by atoms with Crippen LogP contribution in [0.15, 0.2) is 12.1 Å². The SMILES string of the molecule is COCCN(C)C[C@@H]1CCC[C@@H]2CN(c3ccc(C)nn3)C[C@@H]21. The highest BCUT2D eigenvalue weighted by molar-refractivity contribution is 5.39. The number of aromatic nitrogens is 2. The first kappa shape index (κ1) is 16.7. The quantitative estimate of drug-likeness (QED) is 0.804. The Labute approximate surface area is 140 Å². The minimum Gasteiger partial charge on any atom is -0.383 e. The summed E-state index contributed by atoms with van der Waals surface area (Å²) < 4.78 is 5.21. The van der Waals surface area contributed by atoms with E-state index in [1.165, 1.54) is 25.8 Å². The maximum absolute atomic E-state index is 5.21. The molecular weight excluding hydrogens is 288 g/mol. The zero-order valence-electron chi connectivity index (χ0n) is 14.7. The summed E-state index contributed by atoms with van der Waals surface area (Å²) >= 11 is 0. The molecule has 0 spiro atoms. The minimum atomic E-state index is 0.803. The van der Waals surface area contributed by atoms with Gasteiger partial charge in [0.05, 0.1) is 12.3 Å². The lowest BCUT2D eigenvalue weighted by atomic mass is 9.74. The Balaban J connectivity index is 1.62. The van der Waals surface area contributed by atoms with Crippen molar-refractivity contribution < 1.29 is 4.74 Å². The summed E-state index contributed by atoms with van der Waals surface area (Å²) in [5.41, 5.74) is 0.989. The molecule has 1 saturated carbocycles. The number of anilines is 1. The average molecular weight is 318 g/mol. The van der Waals surface area contributed by atoms with Crippen molar-refractivity contribution in [3.63, 3.8) is 0 Å². The summed E-state index contributed by atoms with van der Waals surface area (Å²) in [6.45, 7) is 7.33. The van der Waals surface area contributed by atoms with Gasteiger partial charge in [-0.3, -0.25) is 0 Å². The van der Waals surface area contributed by atoms with Gasteiger partial charge in [0.2, 0.25) is 0 Å². The second-order valence-electron chi connectivity index (χ2n) is 7.31. The number of nitrogens with zero attached hydrogens (tertiary/aromatic N) is 4. The molecule has 0 amide bonds. The van der Waals surface area contributed by atoms with Crippen LogP contribution in [-0.4, -0.2) is 62.0 Å². The Hall–Kier alpha value is -1.20. The van der Waals surface area contributed by atoms with Crippen molar-refractivity contribution in [2.75, 3.05) is 51.8 Å². The van der Waals surface area contributed by atoms with E-state index in [0.717, 1.165) is 55.5 Å². The van der Waals surface area contributed by atoms with Gasteiger partial charge in [-0.05, 0) is 56.7 Å². The van der Waals surface area contributed by atoms with Crippen LogP contribution in [0.2, 0.25) is 0 Å². The van der Waals surface area contributed by atoms with Gasteiger partial charge in [-0.15, -0.1) is 5.10 Å². The highest BCUT2D eigenvalue weighted by Gasteiger charge is 2.40. The van der Waals surface area contributed by atoms with Crippen molar-refractivity contribution >= 4 is 5.82 Å². The molecule has 0 N–H and O–H groups in total. The van der Waals surface area contributed by atoms with E-state index < -0.39 is 0 Å². The molecular formula is C18H30N4O. The smallest absolute Gasteiger partial charge is 0.151 e. The maximum Gasteiger partial charge on any atom is 0.151 e. The van der Waals surface area contributed by atoms with E-state index in [0.29, 0.717) is 0 Å². The van der Waals surface area contributed by atoms with Gasteiger partial charge in [0.1, 0.15) is 0 Å². The van der Waals surface area contributed by atoms with Crippen LogP contribution in [0, 0.1) is 24.7 Å². The zero-order valence-corrected chi connectivity index (χ0v) is 14.7. The van der Waals surface area contributed by atoms with E-state index in [1.807, 2.05) is 6.92 Å². The van der Waals surface area contributed by atoms with Gasteiger partial charge in [0.15, 0.2) is 5.82 Å². The van der Waals surface area contributed by atoms with Crippen LogP contribution in [0.5, 0.6) is 0 Å². The second-order valence-corrected chi connectivity index (χ2v) is 7.31. The Morgan fingerprint density at radius 3 is 2.87 bits per heavy atom. The molecule has 23 heavy (non-hydrogen) atoms. The summed E-state index contributed by atoms with van der Waals surface area (Å²) in [6, 6.07) is 4.19. The van der Waals surface area contributed by atoms with Crippen LogP contribution in [0.3, 0.4) is 0 Å². The Bertz CT molecular complexity index is 492. The van der Waals surface area contributed by atoms with Crippen molar-refractivity contribution in [3.05, 3.63) is 17.8 Å². The molecule has 1 aliphatic carbocycles. The van der Waals surface area contributed by atoms with Gasteiger partial charge in [-0.2, -0.15) is 5.10 Å². The van der Waals surface area contributed by atoms with Crippen LogP contribution in [-0.2, 0) is 4.74 Å². The molecule has 1 aromatic rings. The molecule has 0 unspecified atom stereocenters. The molecule has 2 fully saturated rings. The van der Waals surface area contributed by atoms with Crippen LogP contribution in [0.1, 0.15) is 25.0 Å². The molecule has 0 bridgehead atoms. The van der Waals surface area contributed by atoms with Gasteiger partial charge in [-0.25, -0.2) is 0 Å². The summed E-state index contributed by atoms with van der Waals surface area (Å²) in [5, 5.41) is 8.62. The van der Waals surface area contributed by atoms with Crippen molar-refractivity contribution in [1.29, 1.82) is 0 Å². The minimum absolute atomic E-state index is 0.803. The number of likely N-dealkylation sites (N-methyl/N-ethyl adjacent to an activating group) is 1. The number of fused-ring (bicyclic) bond motifs is 1. The molecule has 2 aliphatic rings. The van der Waals surface area contributed by atoms with Crippen LogP contribution < -0.4 is 4.90 Å². The first-order chi connectivity index (χ1) is 11.2. The fraction of sp³-hybridized carbons (Fsp3) is 0.778. The topological polar surface area (TPSA) is 41.5 Å². The molecule has 1 aliphatic heterocycles. The summed E-state index contributed by atoms with van der Waals surface area (Å²) in [6.07, 6.45) is 4.11. The molecule has 3 atom stereocenters. The predicted octanol–water partition coefficient (Wildman–Crippen LogP) is 2.22. The van der Waals surface area contributed by atoms with Crippen molar-refractivity contribution in [2.45, 2.75) is 26.2 Å². The number of aryl methyl sites for hydroxylation is 1. The fourth-order valence-corrected chi connectivity index (χ4v) is 4.31. The average Bonchev–Trinajstić information content (AvgIpc) is 2.99. The molecule has 5 nitrogen and oxygen atoms in total. The van der Waals surface area contributed by atoms with Gasteiger partial charge < -0.3 is 14.5 Å². The first-order valence-electron chi connectivity index (χ1n) is 8.90. The summed E-state index contributed by atoms with van der Waals surface area (Å²) in [4.78, 5) is 4.89. The second kappa shape index (κ2) is 7.58. The molecule has 5 heteroatoms. The number of hydrogen-bond donors (Lipinski definition) is 0. The van der Waals surface area contributed by atoms with Crippen LogP contribution in [0.4, 0.5) is 5.82 Å². The Kier molecular flexibility index (Phi) is 5.49. The van der Waals surface area contributed by atoms with E-state index in [-0.39, 0.29) is 0 Å². The lowest BCUT2D eigenvalue weighted by Crippen LogP contribution is -2.37. The third-order valence-corrected chi connectivity index (χ3v) is 5.58. The molecule has 3 rings (SSSR count). The normalized spacial score (nSPS) is 27.5. The fourth-order valence-electron chi connectivity index (χ4n) is 4.31. The highest BCUT2D eigenvalue weighted by atomic mass is 16.5. The maximum atomic E-state index is 5.21. The standard InChI is InChI=1S/C18H30N4O/c1-14-7-8-18(20-19-14)22-12-16-6-4-5-15(17(16)13-22)11-21(2)9-10-23-3/h7-8,15-17H,4-6,9-13H2,1-3H3/t15-,16+,17+/m0/s1.